The van der Waals surface area contributed by atoms with Gasteiger partial charge in [-0.05, 0) is 36.2 Å². The minimum Gasteiger partial charge on any atom is -0.452 e. The molecule has 176 valence electrons. The van der Waals surface area contributed by atoms with E-state index >= 15 is 0 Å². The SMILES string of the molecule is Cc1ccnc(NC(=O)COC(=O)c2c3c(nc4ccccc24)CCN(Cc2ccccc2)C3)c1. The molecule has 2 aromatic heterocycles. The summed E-state index contributed by atoms with van der Waals surface area (Å²) in [6.45, 7) is 3.75. The summed E-state index contributed by atoms with van der Waals surface area (Å²) in [6, 6.07) is 21.4. The van der Waals surface area contributed by atoms with Crippen molar-refractivity contribution in [2.45, 2.75) is 26.4 Å². The number of esters is 1. The molecule has 1 amide bonds. The zero-order valence-electron chi connectivity index (χ0n) is 19.5. The largest absolute Gasteiger partial charge is 0.452 e. The van der Waals surface area contributed by atoms with E-state index in [9.17, 15) is 9.59 Å². The third-order valence-electron chi connectivity index (χ3n) is 6.10. The van der Waals surface area contributed by atoms with Gasteiger partial charge in [0.1, 0.15) is 5.82 Å². The van der Waals surface area contributed by atoms with Crippen LogP contribution in [0.25, 0.3) is 10.9 Å². The summed E-state index contributed by atoms with van der Waals surface area (Å²) < 4.78 is 5.49. The normalized spacial score (nSPS) is 13.3. The monoisotopic (exact) mass is 466 g/mol. The highest BCUT2D eigenvalue weighted by molar-refractivity contribution is 6.06. The zero-order valence-corrected chi connectivity index (χ0v) is 19.5. The first-order chi connectivity index (χ1) is 17.1. The fourth-order valence-electron chi connectivity index (χ4n) is 4.44. The molecular weight excluding hydrogens is 440 g/mol. The molecule has 5 rings (SSSR count). The van der Waals surface area contributed by atoms with E-state index < -0.39 is 18.5 Å². The second-order valence-corrected chi connectivity index (χ2v) is 8.72. The van der Waals surface area contributed by atoms with Crippen molar-refractivity contribution in [3.8, 4) is 0 Å². The molecule has 3 heterocycles. The van der Waals surface area contributed by atoms with Crippen LogP contribution in [0.5, 0.6) is 0 Å². The number of carbonyl (C=O) groups excluding carboxylic acids is 2. The van der Waals surface area contributed by atoms with Gasteiger partial charge in [-0.3, -0.25) is 14.7 Å². The number of pyridine rings is 2. The van der Waals surface area contributed by atoms with E-state index in [0.717, 1.165) is 47.2 Å². The molecule has 1 aliphatic heterocycles. The Labute approximate surface area is 203 Å². The van der Waals surface area contributed by atoms with Crippen LogP contribution in [0.3, 0.4) is 0 Å². The lowest BCUT2D eigenvalue weighted by molar-refractivity contribution is -0.119. The first kappa shape index (κ1) is 22.7. The molecule has 0 fully saturated rings. The van der Waals surface area contributed by atoms with Crippen LogP contribution in [0.1, 0.15) is 32.7 Å². The van der Waals surface area contributed by atoms with Gasteiger partial charge in [0.25, 0.3) is 5.91 Å². The number of ether oxygens (including phenoxy) is 1. The average molecular weight is 467 g/mol. The van der Waals surface area contributed by atoms with Crippen LogP contribution in [0.2, 0.25) is 0 Å². The number of aryl methyl sites for hydroxylation is 1. The molecule has 0 unspecified atom stereocenters. The average Bonchev–Trinajstić information content (AvgIpc) is 2.86. The van der Waals surface area contributed by atoms with Gasteiger partial charge in [0.15, 0.2) is 6.61 Å². The number of fused-ring (bicyclic) bond motifs is 2. The summed E-state index contributed by atoms with van der Waals surface area (Å²) >= 11 is 0. The Morgan fingerprint density at radius 2 is 1.86 bits per heavy atom. The first-order valence-electron chi connectivity index (χ1n) is 11.6. The van der Waals surface area contributed by atoms with Crippen molar-refractivity contribution in [1.82, 2.24) is 14.9 Å². The minimum atomic E-state index is -0.520. The lowest BCUT2D eigenvalue weighted by Crippen LogP contribution is -2.32. The molecule has 0 spiro atoms. The highest BCUT2D eigenvalue weighted by Crippen LogP contribution is 2.29. The van der Waals surface area contributed by atoms with E-state index in [-0.39, 0.29) is 0 Å². The molecule has 0 aliphatic carbocycles. The molecule has 0 bridgehead atoms. The molecule has 1 aliphatic rings. The highest BCUT2D eigenvalue weighted by atomic mass is 16.5. The van der Waals surface area contributed by atoms with Gasteiger partial charge in [0.05, 0.1) is 11.1 Å². The van der Waals surface area contributed by atoms with Gasteiger partial charge in [-0.25, -0.2) is 9.78 Å². The Hall–Kier alpha value is -4.10. The Bertz CT molecular complexity index is 1390. The number of carbonyl (C=O) groups is 2. The smallest absolute Gasteiger partial charge is 0.339 e. The van der Waals surface area contributed by atoms with E-state index in [4.69, 9.17) is 9.72 Å². The van der Waals surface area contributed by atoms with Crippen molar-refractivity contribution in [3.05, 3.63) is 101 Å². The summed E-state index contributed by atoms with van der Waals surface area (Å²) in [4.78, 5) is 37.0. The van der Waals surface area contributed by atoms with Crippen molar-refractivity contribution in [3.63, 3.8) is 0 Å². The van der Waals surface area contributed by atoms with E-state index in [0.29, 0.717) is 17.9 Å². The van der Waals surface area contributed by atoms with Gasteiger partial charge in [-0.15, -0.1) is 0 Å². The Kier molecular flexibility index (Phi) is 6.50. The highest BCUT2D eigenvalue weighted by Gasteiger charge is 2.27. The van der Waals surface area contributed by atoms with E-state index in [1.807, 2.05) is 55.5 Å². The number of nitrogens with one attached hydrogen (secondary N) is 1. The van der Waals surface area contributed by atoms with Crippen molar-refractivity contribution >= 4 is 28.6 Å². The van der Waals surface area contributed by atoms with Crippen LogP contribution >= 0.6 is 0 Å². The molecule has 7 nitrogen and oxygen atoms in total. The van der Waals surface area contributed by atoms with Gasteiger partial charge in [-0.2, -0.15) is 0 Å². The standard InChI is InChI=1S/C28H26N4O3/c1-19-11-13-29-25(15-19)31-26(33)18-35-28(34)27-21-9-5-6-10-23(21)30-24-12-14-32(17-22(24)27)16-20-7-3-2-4-8-20/h2-11,13,15H,12,14,16-18H2,1H3,(H,29,31,33). The fourth-order valence-corrected chi connectivity index (χ4v) is 4.44. The van der Waals surface area contributed by atoms with Gasteiger partial charge in [-0.1, -0.05) is 48.5 Å². The number of nitrogens with zero attached hydrogens (tertiary/aromatic N) is 3. The van der Waals surface area contributed by atoms with Crippen molar-refractivity contribution < 1.29 is 14.3 Å². The predicted octanol–water partition coefficient (Wildman–Crippen LogP) is 4.29. The van der Waals surface area contributed by atoms with Crippen LogP contribution in [0.4, 0.5) is 5.82 Å². The molecule has 0 saturated carbocycles. The number of hydrogen-bond donors (Lipinski definition) is 1. The van der Waals surface area contributed by atoms with E-state index in [1.54, 1.807) is 12.3 Å². The number of benzene rings is 2. The number of aromatic nitrogens is 2. The molecule has 4 aromatic rings. The maximum atomic E-state index is 13.3. The number of amides is 1. The second-order valence-electron chi connectivity index (χ2n) is 8.72. The van der Waals surface area contributed by atoms with Crippen LogP contribution in [0.15, 0.2) is 72.9 Å². The first-order valence-corrected chi connectivity index (χ1v) is 11.6. The molecule has 0 radical (unpaired) electrons. The van der Waals surface area contributed by atoms with Crippen molar-refractivity contribution in [2.24, 2.45) is 0 Å². The van der Waals surface area contributed by atoms with Gasteiger partial charge in [0.2, 0.25) is 0 Å². The van der Waals surface area contributed by atoms with E-state index in [2.05, 4.69) is 27.3 Å². The number of hydrogen-bond acceptors (Lipinski definition) is 6. The zero-order chi connectivity index (χ0) is 24.2. The van der Waals surface area contributed by atoms with E-state index in [1.165, 1.54) is 5.56 Å². The van der Waals surface area contributed by atoms with Crippen LogP contribution < -0.4 is 5.32 Å². The topological polar surface area (TPSA) is 84.4 Å². The summed E-state index contributed by atoms with van der Waals surface area (Å²) in [5.74, 6) is -0.530. The number of anilines is 1. The molecule has 35 heavy (non-hydrogen) atoms. The number of para-hydroxylation sites is 1. The fraction of sp³-hybridized carbons (Fsp3) is 0.214. The number of rotatable bonds is 6. The summed E-state index contributed by atoms with van der Waals surface area (Å²) in [5.41, 5.74) is 5.22. The third kappa shape index (κ3) is 5.20. The minimum absolute atomic E-state index is 0.395. The predicted molar refractivity (Wildman–Crippen MR) is 134 cm³/mol. The third-order valence-corrected chi connectivity index (χ3v) is 6.10. The quantitative estimate of drug-likeness (QED) is 0.427. The Morgan fingerprint density at radius 3 is 2.69 bits per heavy atom. The Balaban J connectivity index is 1.38. The van der Waals surface area contributed by atoms with Gasteiger partial charge in [0, 0.05) is 48.9 Å². The molecular formula is C28H26N4O3. The van der Waals surface area contributed by atoms with Crippen molar-refractivity contribution in [1.29, 1.82) is 0 Å². The lowest BCUT2D eigenvalue weighted by Gasteiger charge is -2.30. The van der Waals surface area contributed by atoms with Crippen LogP contribution in [-0.2, 0) is 29.0 Å². The lowest BCUT2D eigenvalue weighted by atomic mass is 9.95. The molecule has 7 heteroatoms. The Morgan fingerprint density at radius 1 is 1.06 bits per heavy atom. The van der Waals surface area contributed by atoms with Gasteiger partial charge < -0.3 is 10.1 Å². The maximum Gasteiger partial charge on any atom is 0.339 e. The molecule has 0 atom stereocenters. The van der Waals surface area contributed by atoms with Crippen LogP contribution in [-0.4, -0.2) is 39.9 Å². The summed E-state index contributed by atoms with van der Waals surface area (Å²) in [5, 5.41) is 3.41. The van der Waals surface area contributed by atoms with Crippen LogP contribution in [0, 0.1) is 6.92 Å². The summed E-state index contributed by atoms with van der Waals surface area (Å²) in [7, 11) is 0. The summed E-state index contributed by atoms with van der Waals surface area (Å²) in [6.07, 6.45) is 2.36. The molecule has 1 N–H and O–H groups in total. The van der Waals surface area contributed by atoms with Gasteiger partial charge >= 0.3 is 5.97 Å². The second kappa shape index (κ2) is 10.0. The van der Waals surface area contributed by atoms with Crippen molar-refractivity contribution in [2.75, 3.05) is 18.5 Å². The molecule has 0 saturated heterocycles. The molecule has 2 aromatic carbocycles. The maximum absolute atomic E-state index is 13.3.